The van der Waals surface area contributed by atoms with Gasteiger partial charge in [0.2, 0.25) is 0 Å². The van der Waals surface area contributed by atoms with E-state index in [0.29, 0.717) is 6.61 Å². The van der Waals surface area contributed by atoms with E-state index in [9.17, 15) is 0 Å². The van der Waals surface area contributed by atoms with Crippen LogP contribution in [0.5, 0.6) is 5.75 Å². The second-order valence-electron chi connectivity index (χ2n) is 6.26. The lowest BCUT2D eigenvalue weighted by atomic mass is 10.0. The SMILES string of the molecule is CN(C)CCOc1ccc([C@H]2[C@@H](c3ccccc3)C2(Cl)Cl)cc1. The van der Waals surface area contributed by atoms with E-state index in [0.717, 1.165) is 17.9 Å². The average molecular weight is 350 g/mol. The van der Waals surface area contributed by atoms with Gasteiger partial charge in [-0.15, -0.1) is 23.2 Å². The van der Waals surface area contributed by atoms with Crippen LogP contribution in [0.4, 0.5) is 0 Å². The zero-order chi connectivity index (χ0) is 16.4. The number of rotatable bonds is 6. The third kappa shape index (κ3) is 3.65. The Labute approximate surface area is 148 Å². The molecule has 0 radical (unpaired) electrons. The molecule has 0 bridgehead atoms. The molecule has 2 atom stereocenters. The van der Waals surface area contributed by atoms with Gasteiger partial charge in [0.25, 0.3) is 0 Å². The van der Waals surface area contributed by atoms with E-state index < -0.39 is 4.33 Å². The van der Waals surface area contributed by atoms with Gasteiger partial charge in [-0.3, -0.25) is 0 Å². The van der Waals surface area contributed by atoms with Crippen molar-refractivity contribution in [1.82, 2.24) is 4.90 Å². The molecule has 0 aromatic heterocycles. The average Bonchev–Trinajstić information content (AvgIpc) is 3.11. The molecule has 4 heteroatoms. The number of alkyl halides is 2. The van der Waals surface area contributed by atoms with E-state index in [2.05, 4.69) is 29.2 Å². The maximum Gasteiger partial charge on any atom is 0.133 e. The summed E-state index contributed by atoms with van der Waals surface area (Å²) in [5.74, 6) is 1.15. The number of hydrogen-bond donors (Lipinski definition) is 0. The second kappa shape index (κ2) is 6.72. The van der Waals surface area contributed by atoms with Crippen molar-refractivity contribution >= 4 is 23.2 Å². The molecule has 2 nitrogen and oxygen atoms in total. The molecule has 0 spiro atoms. The fourth-order valence-corrected chi connectivity index (χ4v) is 3.82. The molecule has 23 heavy (non-hydrogen) atoms. The fraction of sp³-hybridized carbons (Fsp3) is 0.368. The van der Waals surface area contributed by atoms with Crippen LogP contribution in [-0.2, 0) is 0 Å². The molecular weight excluding hydrogens is 329 g/mol. The van der Waals surface area contributed by atoms with Crippen molar-refractivity contribution < 1.29 is 4.74 Å². The molecule has 2 aromatic carbocycles. The van der Waals surface area contributed by atoms with E-state index in [-0.39, 0.29) is 11.8 Å². The highest BCUT2D eigenvalue weighted by molar-refractivity contribution is 6.52. The van der Waals surface area contributed by atoms with Gasteiger partial charge in [-0.25, -0.2) is 0 Å². The Morgan fingerprint density at radius 2 is 1.48 bits per heavy atom. The molecular formula is C19H21Cl2NO. The molecule has 2 aromatic rings. The fourth-order valence-electron chi connectivity index (χ4n) is 2.93. The van der Waals surface area contributed by atoms with Gasteiger partial charge in [-0.05, 0) is 37.4 Å². The molecule has 1 saturated carbocycles. The van der Waals surface area contributed by atoms with Crippen molar-refractivity contribution in [3.63, 3.8) is 0 Å². The first-order valence-electron chi connectivity index (χ1n) is 7.80. The van der Waals surface area contributed by atoms with Gasteiger partial charge < -0.3 is 9.64 Å². The van der Waals surface area contributed by atoms with Crippen LogP contribution in [0.3, 0.4) is 0 Å². The van der Waals surface area contributed by atoms with Gasteiger partial charge in [0.1, 0.15) is 16.7 Å². The molecule has 0 aliphatic heterocycles. The number of nitrogens with zero attached hydrogens (tertiary/aromatic N) is 1. The summed E-state index contributed by atoms with van der Waals surface area (Å²) in [6.07, 6.45) is 0. The summed E-state index contributed by atoms with van der Waals surface area (Å²) in [4.78, 5) is 2.10. The van der Waals surface area contributed by atoms with E-state index in [4.69, 9.17) is 27.9 Å². The molecule has 1 aliphatic carbocycles. The Bertz CT molecular complexity index is 640. The third-order valence-electron chi connectivity index (χ3n) is 4.26. The van der Waals surface area contributed by atoms with Crippen LogP contribution in [0.15, 0.2) is 54.6 Å². The quantitative estimate of drug-likeness (QED) is 0.702. The van der Waals surface area contributed by atoms with Crippen molar-refractivity contribution in [1.29, 1.82) is 0 Å². The van der Waals surface area contributed by atoms with Gasteiger partial charge in [0, 0.05) is 18.4 Å². The third-order valence-corrected chi connectivity index (χ3v) is 5.20. The Morgan fingerprint density at radius 1 is 0.913 bits per heavy atom. The lowest BCUT2D eigenvalue weighted by Gasteiger charge is -2.11. The predicted molar refractivity (Wildman–Crippen MR) is 96.9 cm³/mol. The topological polar surface area (TPSA) is 12.5 Å². The van der Waals surface area contributed by atoms with Crippen molar-refractivity contribution in [2.24, 2.45) is 0 Å². The summed E-state index contributed by atoms with van der Waals surface area (Å²) < 4.78 is 5.00. The molecule has 0 amide bonds. The first-order chi connectivity index (χ1) is 11.0. The van der Waals surface area contributed by atoms with Crippen molar-refractivity contribution in [3.05, 3.63) is 65.7 Å². The Balaban J connectivity index is 1.68. The number of hydrogen-bond acceptors (Lipinski definition) is 2. The van der Waals surface area contributed by atoms with Crippen LogP contribution in [-0.4, -0.2) is 36.5 Å². The zero-order valence-corrected chi connectivity index (χ0v) is 14.9. The molecule has 1 fully saturated rings. The highest BCUT2D eigenvalue weighted by Gasteiger charge is 2.64. The van der Waals surface area contributed by atoms with Gasteiger partial charge >= 0.3 is 0 Å². The predicted octanol–water partition coefficient (Wildman–Crippen LogP) is 4.68. The minimum absolute atomic E-state index is 0.129. The summed E-state index contributed by atoms with van der Waals surface area (Å²) in [5, 5.41) is 0. The normalized spacial score (nSPS) is 22.1. The number of likely N-dealkylation sites (N-methyl/N-ethyl adjacent to an activating group) is 1. The monoisotopic (exact) mass is 349 g/mol. The van der Waals surface area contributed by atoms with Gasteiger partial charge in [0.15, 0.2) is 0 Å². The Morgan fingerprint density at radius 3 is 2.04 bits per heavy atom. The molecule has 122 valence electrons. The summed E-state index contributed by atoms with van der Waals surface area (Å²) >= 11 is 13.1. The minimum atomic E-state index is -0.728. The van der Waals surface area contributed by atoms with Crippen LogP contribution in [0.2, 0.25) is 0 Å². The first kappa shape index (κ1) is 16.6. The summed E-state index contributed by atoms with van der Waals surface area (Å²) in [5.41, 5.74) is 2.35. The molecule has 1 aliphatic rings. The van der Waals surface area contributed by atoms with Crippen LogP contribution < -0.4 is 4.74 Å². The highest BCUT2D eigenvalue weighted by Crippen LogP contribution is 2.70. The van der Waals surface area contributed by atoms with Crippen LogP contribution in [0.25, 0.3) is 0 Å². The smallest absolute Gasteiger partial charge is 0.133 e. The van der Waals surface area contributed by atoms with E-state index in [1.54, 1.807) is 0 Å². The maximum atomic E-state index is 6.53. The summed E-state index contributed by atoms with van der Waals surface area (Å²) in [6, 6.07) is 18.4. The highest BCUT2D eigenvalue weighted by atomic mass is 35.5. The largest absolute Gasteiger partial charge is 0.492 e. The van der Waals surface area contributed by atoms with Crippen LogP contribution >= 0.6 is 23.2 Å². The van der Waals surface area contributed by atoms with Gasteiger partial charge in [-0.1, -0.05) is 42.5 Å². The van der Waals surface area contributed by atoms with Crippen LogP contribution in [0.1, 0.15) is 23.0 Å². The van der Waals surface area contributed by atoms with Crippen molar-refractivity contribution in [2.75, 3.05) is 27.2 Å². The van der Waals surface area contributed by atoms with Crippen molar-refractivity contribution in [3.8, 4) is 5.75 Å². The lowest BCUT2D eigenvalue weighted by molar-refractivity contribution is 0.261. The molecule has 0 saturated heterocycles. The molecule has 3 rings (SSSR count). The summed E-state index contributed by atoms with van der Waals surface area (Å²) in [6.45, 7) is 1.57. The maximum absolute atomic E-state index is 6.53. The Kier molecular flexibility index (Phi) is 4.86. The number of halogens is 2. The number of ether oxygens (including phenoxy) is 1. The van der Waals surface area contributed by atoms with Gasteiger partial charge in [0.05, 0.1) is 0 Å². The molecule has 0 heterocycles. The second-order valence-corrected chi connectivity index (χ2v) is 7.71. The Hall–Kier alpha value is -1.22. The lowest BCUT2D eigenvalue weighted by Crippen LogP contribution is -2.19. The van der Waals surface area contributed by atoms with E-state index in [1.165, 1.54) is 5.56 Å². The molecule has 0 unspecified atom stereocenters. The van der Waals surface area contributed by atoms with Gasteiger partial charge in [-0.2, -0.15) is 0 Å². The minimum Gasteiger partial charge on any atom is -0.492 e. The standard InChI is InChI=1S/C19H21Cl2NO/c1-22(2)12-13-23-16-10-8-15(9-11-16)18-17(19(18,20)21)14-6-4-3-5-7-14/h3-11,17-18H,12-13H2,1-2H3/t17-,18+/m1/s1. The summed E-state index contributed by atoms with van der Waals surface area (Å²) in [7, 11) is 4.06. The first-order valence-corrected chi connectivity index (χ1v) is 8.56. The number of benzene rings is 2. The van der Waals surface area contributed by atoms with E-state index >= 15 is 0 Å². The van der Waals surface area contributed by atoms with Crippen LogP contribution in [0, 0.1) is 0 Å². The zero-order valence-electron chi connectivity index (χ0n) is 13.4. The van der Waals surface area contributed by atoms with E-state index in [1.807, 2.05) is 44.4 Å². The molecule has 0 N–H and O–H groups in total. The van der Waals surface area contributed by atoms with Crippen molar-refractivity contribution in [2.45, 2.75) is 16.2 Å².